The van der Waals surface area contributed by atoms with E-state index in [0.717, 1.165) is 12.1 Å². The van der Waals surface area contributed by atoms with Crippen LogP contribution in [0.3, 0.4) is 0 Å². The molecule has 0 saturated carbocycles. The van der Waals surface area contributed by atoms with E-state index in [2.05, 4.69) is 4.72 Å². The quantitative estimate of drug-likeness (QED) is 0.770. The summed E-state index contributed by atoms with van der Waals surface area (Å²) in [7, 11) is -2.79. The van der Waals surface area contributed by atoms with Gasteiger partial charge in [-0.25, -0.2) is 21.9 Å². The summed E-state index contributed by atoms with van der Waals surface area (Å²) < 4.78 is 57.6. The molecule has 0 bridgehead atoms. The Kier molecular flexibility index (Phi) is 5.21. The van der Waals surface area contributed by atoms with Crippen LogP contribution in [0.4, 0.5) is 14.5 Å². The highest BCUT2D eigenvalue weighted by atomic mass is 32.2. The number of nitrogens with one attached hydrogen (secondary N) is 1. The molecule has 0 heterocycles. The first-order chi connectivity index (χ1) is 8.77. The SMILES string of the molecule is COCC(C)CNS(=O)(=O)c1c(F)cc(N)cc1F. The molecule has 8 heteroatoms. The lowest BCUT2D eigenvalue weighted by molar-refractivity contribution is 0.161. The van der Waals surface area contributed by atoms with Crippen LogP contribution in [0, 0.1) is 17.6 Å². The molecule has 0 amide bonds. The van der Waals surface area contributed by atoms with E-state index in [1.54, 1.807) is 6.92 Å². The van der Waals surface area contributed by atoms with Crippen LogP contribution in [0.15, 0.2) is 17.0 Å². The van der Waals surface area contributed by atoms with E-state index in [4.69, 9.17) is 10.5 Å². The molecule has 1 atom stereocenters. The van der Waals surface area contributed by atoms with Gasteiger partial charge in [0.25, 0.3) is 0 Å². The van der Waals surface area contributed by atoms with Gasteiger partial charge in [-0.3, -0.25) is 0 Å². The van der Waals surface area contributed by atoms with Crippen molar-refractivity contribution in [1.29, 1.82) is 0 Å². The summed E-state index contributed by atoms with van der Waals surface area (Å²) in [6, 6.07) is 1.52. The molecule has 1 aromatic rings. The summed E-state index contributed by atoms with van der Waals surface area (Å²) in [6.07, 6.45) is 0. The Labute approximate surface area is 110 Å². The first kappa shape index (κ1) is 15.8. The third kappa shape index (κ3) is 4.12. The predicted molar refractivity (Wildman–Crippen MR) is 67.0 cm³/mol. The Bertz CT molecular complexity index is 526. The molecule has 0 saturated heterocycles. The van der Waals surface area contributed by atoms with Crippen LogP contribution < -0.4 is 10.5 Å². The second kappa shape index (κ2) is 6.27. The van der Waals surface area contributed by atoms with Crippen molar-refractivity contribution in [2.45, 2.75) is 11.8 Å². The lowest BCUT2D eigenvalue weighted by atomic mass is 10.2. The molecule has 108 valence electrons. The van der Waals surface area contributed by atoms with Gasteiger partial charge in [0.05, 0.1) is 0 Å². The van der Waals surface area contributed by atoms with Crippen molar-refractivity contribution in [1.82, 2.24) is 4.72 Å². The number of ether oxygens (including phenoxy) is 1. The Morgan fingerprint density at radius 1 is 1.37 bits per heavy atom. The van der Waals surface area contributed by atoms with Crippen molar-refractivity contribution < 1.29 is 21.9 Å². The Hall–Kier alpha value is -1.25. The van der Waals surface area contributed by atoms with E-state index in [-0.39, 0.29) is 18.2 Å². The van der Waals surface area contributed by atoms with E-state index in [1.807, 2.05) is 0 Å². The number of anilines is 1. The van der Waals surface area contributed by atoms with Gasteiger partial charge in [0.1, 0.15) is 11.6 Å². The molecular weight excluding hydrogens is 278 g/mol. The third-order valence-corrected chi connectivity index (χ3v) is 3.84. The van der Waals surface area contributed by atoms with Crippen molar-refractivity contribution in [3.63, 3.8) is 0 Å². The number of benzene rings is 1. The number of hydrogen-bond acceptors (Lipinski definition) is 4. The van der Waals surface area contributed by atoms with E-state index in [9.17, 15) is 17.2 Å². The first-order valence-electron chi connectivity index (χ1n) is 5.51. The van der Waals surface area contributed by atoms with Gasteiger partial charge >= 0.3 is 0 Å². The highest BCUT2D eigenvalue weighted by Gasteiger charge is 2.24. The normalized spacial score (nSPS) is 13.5. The maximum atomic E-state index is 13.5. The molecule has 19 heavy (non-hydrogen) atoms. The molecule has 0 spiro atoms. The van der Waals surface area contributed by atoms with Crippen molar-refractivity contribution in [2.24, 2.45) is 5.92 Å². The topological polar surface area (TPSA) is 81.4 Å². The number of hydrogen-bond donors (Lipinski definition) is 2. The lowest BCUT2D eigenvalue weighted by Crippen LogP contribution is -2.31. The monoisotopic (exact) mass is 294 g/mol. The van der Waals surface area contributed by atoms with Crippen LogP contribution in [-0.2, 0) is 14.8 Å². The van der Waals surface area contributed by atoms with Crippen LogP contribution in [0.2, 0.25) is 0 Å². The highest BCUT2D eigenvalue weighted by Crippen LogP contribution is 2.21. The minimum Gasteiger partial charge on any atom is -0.399 e. The fourth-order valence-electron chi connectivity index (χ4n) is 1.50. The van der Waals surface area contributed by atoms with E-state index >= 15 is 0 Å². The number of methoxy groups -OCH3 is 1. The maximum Gasteiger partial charge on any atom is 0.246 e. The summed E-state index contributed by atoms with van der Waals surface area (Å²) in [5, 5.41) is 0. The second-order valence-electron chi connectivity index (χ2n) is 4.23. The van der Waals surface area contributed by atoms with Gasteiger partial charge in [-0.2, -0.15) is 0 Å². The minimum atomic E-state index is -4.26. The maximum absolute atomic E-state index is 13.5. The van der Waals surface area contributed by atoms with E-state index < -0.39 is 26.6 Å². The number of sulfonamides is 1. The fraction of sp³-hybridized carbons (Fsp3) is 0.455. The smallest absolute Gasteiger partial charge is 0.246 e. The van der Waals surface area contributed by atoms with Crippen molar-refractivity contribution in [3.8, 4) is 0 Å². The molecule has 0 radical (unpaired) electrons. The molecule has 0 fully saturated rings. The van der Waals surface area contributed by atoms with Crippen LogP contribution in [0.5, 0.6) is 0 Å². The molecule has 1 unspecified atom stereocenters. The second-order valence-corrected chi connectivity index (χ2v) is 5.93. The molecule has 1 rings (SSSR count). The Morgan fingerprint density at radius 3 is 2.37 bits per heavy atom. The summed E-state index contributed by atoms with van der Waals surface area (Å²) >= 11 is 0. The molecule has 0 aromatic heterocycles. The standard InChI is InChI=1S/C11H16F2N2O3S/c1-7(6-18-2)5-15-19(16,17)11-9(12)3-8(14)4-10(11)13/h3-4,7,15H,5-6,14H2,1-2H3. The fourth-order valence-corrected chi connectivity index (χ4v) is 2.78. The van der Waals surface area contributed by atoms with Gasteiger partial charge in [-0.15, -0.1) is 0 Å². The summed E-state index contributed by atoms with van der Waals surface area (Å²) in [6.45, 7) is 2.08. The lowest BCUT2D eigenvalue weighted by Gasteiger charge is -2.13. The Balaban J connectivity index is 2.95. The van der Waals surface area contributed by atoms with E-state index in [1.165, 1.54) is 7.11 Å². The van der Waals surface area contributed by atoms with Gasteiger partial charge in [-0.1, -0.05) is 6.92 Å². The zero-order valence-corrected chi connectivity index (χ0v) is 11.4. The molecular formula is C11H16F2N2O3S. The molecule has 0 aliphatic rings. The Morgan fingerprint density at radius 2 is 1.89 bits per heavy atom. The van der Waals surface area contributed by atoms with Gasteiger partial charge in [-0.05, 0) is 18.1 Å². The zero-order valence-electron chi connectivity index (χ0n) is 10.6. The van der Waals surface area contributed by atoms with Crippen molar-refractivity contribution >= 4 is 15.7 Å². The van der Waals surface area contributed by atoms with Crippen LogP contribution >= 0.6 is 0 Å². The van der Waals surface area contributed by atoms with Crippen LogP contribution in [0.1, 0.15) is 6.92 Å². The van der Waals surface area contributed by atoms with Gasteiger partial charge < -0.3 is 10.5 Å². The van der Waals surface area contributed by atoms with Gasteiger partial charge in [0.2, 0.25) is 10.0 Å². The number of nitrogens with two attached hydrogens (primary N) is 1. The van der Waals surface area contributed by atoms with Crippen LogP contribution in [0.25, 0.3) is 0 Å². The summed E-state index contributed by atoms with van der Waals surface area (Å²) in [5.74, 6) is -2.56. The summed E-state index contributed by atoms with van der Waals surface area (Å²) in [4.78, 5) is -1.02. The average Bonchev–Trinajstić information content (AvgIpc) is 2.25. The minimum absolute atomic E-state index is 0.0133. The van der Waals surface area contributed by atoms with Gasteiger partial charge in [0, 0.05) is 25.9 Å². The van der Waals surface area contributed by atoms with Crippen LogP contribution in [-0.4, -0.2) is 28.7 Å². The average molecular weight is 294 g/mol. The molecule has 3 N–H and O–H groups in total. The molecule has 0 aliphatic heterocycles. The predicted octanol–water partition coefficient (Wildman–Crippen LogP) is 1.11. The molecule has 1 aromatic carbocycles. The van der Waals surface area contributed by atoms with E-state index in [0.29, 0.717) is 6.61 Å². The summed E-state index contributed by atoms with van der Waals surface area (Å²) in [5.41, 5.74) is 5.04. The highest BCUT2D eigenvalue weighted by molar-refractivity contribution is 7.89. The van der Waals surface area contributed by atoms with Crippen molar-refractivity contribution in [3.05, 3.63) is 23.8 Å². The van der Waals surface area contributed by atoms with Gasteiger partial charge in [0.15, 0.2) is 4.90 Å². The third-order valence-electron chi connectivity index (χ3n) is 2.36. The molecule has 5 nitrogen and oxygen atoms in total. The molecule has 0 aliphatic carbocycles. The largest absolute Gasteiger partial charge is 0.399 e. The zero-order chi connectivity index (χ0) is 14.6. The van der Waals surface area contributed by atoms with Crippen molar-refractivity contribution in [2.75, 3.05) is 26.0 Å². The number of nitrogen functional groups attached to an aromatic ring is 1. The number of rotatable bonds is 6. The number of halogens is 2. The first-order valence-corrected chi connectivity index (χ1v) is 6.99.